The molecule has 0 radical (unpaired) electrons. The van der Waals surface area contributed by atoms with Gasteiger partial charge in [-0.05, 0) is 18.6 Å². The fourth-order valence-electron chi connectivity index (χ4n) is 1.21. The summed E-state index contributed by atoms with van der Waals surface area (Å²) in [5.41, 5.74) is 0. The summed E-state index contributed by atoms with van der Waals surface area (Å²) < 4.78 is 5.28. The quantitative estimate of drug-likeness (QED) is 0.687. The van der Waals surface area contributed by atoms with Crippen molar-refractivity contribution in [2.75, 3.05) is 0 Å². The molecule has 1 aromatic rings. The van der Waals surface area contributed by atoms with Crippen molar-refractivity contribution in [3.8, 4) is 6.07 Å². The molecule has 0 amide bonds. The van der Waals surface area contributed by atoms with Crippen LogP contribution in [0.3, 0.4) is 0 Å². The predicted molar refractivity (Wildman–Crippen MR) is 51.8 cm³/mol. The molecule has 0 fully saturated rings. The highest BCUT2D eigenvalue weighted by atomic mass is 16.3. The molecule has 14 heavy (non-hydrogen) atoms. The maximum Gasteiger partial charge on any atom is 0.215 e. The Hall–Kier alpha value is -1.56. The lowest BCUT2D eigenvalue weighted by Gasteiger charge is -2.00. The lowest BCUT2D eigenvalue weighted by molar-refractivity contribution is 0.0917. The number of nitriles is 1. The molecule has 74 valence electrons. The summed E-state index contributed by atoms with van der Waals surface area (Å²) in [6.07, 6.45) is 1.29. The Morgan fingerprint density at radius 2 is 2.29 bits per heavy atom. The first-order valence-corrected chi connectivity index (χ1v) is 4.75. The number of ketones is 1. The number of carbonyl (C=O) groups is 1. The average molecular weight is 191 g/mol. The van der Waals surface area contributed by atoms with Gasteiger partial charge in [-0.25, -0.2) is 0 Å². The maximum atomic E-state index is 11.6. The van der Waals surface area contributed by atoms with Crippen molar-refractivity contribution >= 4 is 5.78 Å². The molecule has 0 aromatic carbocycles. The largest absolute Gasteiger partial charge is 0.458 e. The van der Waals surface area contributed by atoms with Gasteiger partial charge >= 0.3 is 0 Å². The van der Waals surface area contributed by atoms with Crippen LogP contribution < -0.4 is 0 Å². The Balaban J connectivity index is 2.84. The second-order valence-corrected chi connectivity index (χ2v) is 3.07. The minimum absolute atomic E-state index is 0.213. The van der Waals surface area contributed by atoms with Crippen LogP contribution in [0.4, 0.5) is 0 Å². The molecule has 3 nitrogen and oxygen atoms in total. The van der Waals surface area contributed by atoms with Gasteiger partial charge in [0.1, 0.15) is 11.7 Å². The van der Waals surface area contributed by atoms with Gasteiger partial charge in [-0.3, -0.25) is 4.79 Å². The van der Waals surface area contributed by atoms with Crippen molar-refractivity contribution in [3.05, 3.63) is 23.7 Å². The van der Waals surface area contributed by atoms with Gasteiger partial charge in [0.15, 0.2) is 5.76 Å². The third kappa shape index (κ3) is 2.02. The van der Waals surface area contributed by atoms with Crippen LogP contribution in [0.15, 0.2) is 16.5 Å². The molecular formula is C11H13NO2. The third-order valence-electron chi connectivity index (χ3n) is 2.13. The standard InChI is InChI=1S/C11H13NO2/c1-3-8(7-12)11(13)10-6-5-9(4-2)14-10/h5-6,8H,3-4H2,1-2H3. The van der Waals surface area contributed by atoms with E-state index in [9.17, 15) is 4.79 Å². The predicted octanol–water partition coefficient (Wildman–Crippen LogP) is 2.57. The van der Waals surface area contributed by atoms with Gasteiger partial charge in [0, 0.05) is 6.42 Å². The van der Waals surface area contributed by atoms with Crippen molar-refractivity contribution in [1.29, 1.82) is 5.26 Å². The molecule has 1 rings (SSSR count). The lowest BCUT2D eigenvalue weighted by atomic mass is 10.0. The molecule has 1 atom stereocenters. The van der Waals surface area contributed by atoms with Crippen molar-refractivity contribution < 1.29 is 9.21 Å². The van der Waals surface area contributed by atoms with Crippen molar-refractivity contribution in [2.24, 2.45) is 5.92 Å². The highest BCUT2D eigenvalue weighted by molar-refractivity contribution is 5.96. The van der Waals surface area contributed by atoms with E-state index in [2.05, 4.69) is 0 Å². The molecule has 3 heteroatoms. The number of hydrogen-bond acceptors (Lipinski definition) is 3. The monoisotopic (exact) mass is 191 g/mol. The molecule has 0 N–H and O–H groups in total. The molecule has 0 aliphatic carbocycles. The zero-order valence-electron chi connectivity index (χ0n) is 8.41. The Labute approximate surface area is 83.3 Å². The van der Waals surface area contributed by atoms with Gasteiger partial charge in [-0.15, -0.1) is 0 Å². The molecule has 0 aliphatic heterocycles. The first-order chi connectivity index (χ1) is 6.72. The van der Waals surface area contributed by atoms with E-state index in [1.807, 2.05) is 19.9 Å². The van der Waals surface area contributed by atoms with Crippen LogP contribution in [0.2, 0.25) is 0 Å². The normalized spacial score (nSPS) is 12.1. The van der Waals surface area contributed by atoms with Crippen LogP contribution >= 0.6 is 0 Å². The van der Waals surface area contributed by atoms with Crippen LogP contribution in [-0.4, -0.2) is 5.78 Å². The van der Waals surface area contributed by atoms with Gasteiger partial charge in [-0.1, -0.05) is 13.8 Å². The Bertz CT molecular complexity index is 360. The van der Waals surface area contributed by atoms with Gasteiger partial charge in [0.05, 0.1) is 6.07 Å². The molecule has 1 unspecified atom stereocenters. The summed E-state index contributed by atoms with van der Waals surface area (Å²) in [5.74, 6) is 0.289. The zero-order chi connectivity index (χ0) is 10.6. The summed E-state index contributed by atoms with van der Waals surface area (Å²) in [6, 6.07) is 5.38. The van der Waals surface area contributed by atoms with Gasteiger partial charge < -0.3 is 4.42 Å². The molecule has 0 bridgehead atoms. The molecule has 0 aliphatic rings. The molecule has 1 aromatic heterocycles. The Kier molecular flexibility index (Phi) is 3.47. The van der Waals surface area contributed by atoms with Gasteiger partial charge in [0.25, 0.3) is 0 Å². The highest BCUT2D eigenvalue weighted by Crippen LogP contribution is 2.15. The fourth-order valence-corrected chi connectivity index (χ4v) is 1.21. The third-order valence-corrected chi connectivity index (χ3v) is 2.13. The smallest absolute Gasteiger partial charge is 0.215 e. The second kappa shape index (κ2) is 4.61. The first kappa shape index (κ1) is 10.5. The summed E-state index contributed by atoms with van der Waals surface area (Å²) >= 11 is 0. The van der Waals surface area contributed by atoms with Crippen LogP contribution in [0, 0.1) is 17.2 Å². The van der Waals surface area contributed by atoms with E-state index in [1.165, 1.54) is 0 Å². The van der Waals surface area contributed by atoms with Crippen molar-refractivity contribution in [1.82, 2.24) is 0 Å². The Morgan fingerprint density at radius 3 is 2.71 bits per heavy atom. The van der Waals surface area contributed by atoms with Crippen LogP contribution in [0.5, 0.6) is 0 Å². The molecule has 0 saturated heterocycles. The van der Waals surface area contributed by atoms with E-state index in [-0.39, 0.29) is 5.78 Å². The van der Waals surface area contributed by atoms with E-state index in [1.54, 1.807) is 12.1 Å². The highest BCUT2D eigenvalue weighted by Gasteiger charge is 2.20. The van der Waals surface area contributed by atoms with Crippen LogP contribution in [0.1, 0.15) is 36.6 Å². The molecule has 0 saturated carbocycles. The summed E-state index contributed by atoms with van der Waals surface area (Å²) in [7, 11) is 0. The van der Waals surface area contributed by atoms with E-state index in [4.69, 9.17) is 9.68 Å². The number of furan rings is 1. The first-order valence-electron chi connectivity index (χ1n) is 4.75. The van der Waals surface area contributed by atoms with E-state index in [0.29, 0.717) is 12.2 Å². The number of aryl methyl sites for hydroxylation is 1. The van der Waals surface area contributed by atoms with Crippen molar-refractivity contribution in [2.45, 2.75) is 26.7 Å². The minimum Gasteiger partial charge on any atom is -0.458 e. The van der Waals surface area contributed by atoms with E-state index < -0.39 is 5.92 Å². The van der Waals surface area contributed by atoms with Crippen LogP contribution in [-0.2, 0) is 6.42 Å². The number of carbonyl (C=O) groups excluding carboxylic acids is 1. The second-order valence-electron chi connectivity index (χ2n) is 3.07. The summed E-state index contributed by atoms with van der Waals surface area (Å²) in [4.78, 5) is 11.6. The number of hydrogen-bond donors (Lipinski definition) is 0. The minimum atomic E-state index is -0.578. The van der Waals surface area contributed by atoms with Gasteiger partial charge in [0.2, 0.25) is 5.78 Å². The molecule has 0 spiro atoms. The topological polar surface area (TPSA) is 54.0 Å². The summed E-state index contributed by atoms with van der Waals surface area (Å²) in [6.45, 7) is 3.77. The number of nitrogens with zero attached hydrogens (tertiary/aromatic N) is 1. The van der Waals surface area contributed by atoms with Crippen molar-refractivity contribution in [3.63, 3.8) is 0 Å². The van der Waals surface area contributed by atoms with E-state index >= 15 is 0 Å². The Morgan fingerprint density at radius 1 is 1.57 bits per heavy atom. The number of rotatable bonds is 4. The van der Waals surface area contributed by atoms with Crippen LogP contribution in [0.25, 0.3) is 0 Å². The maximum absolute atomic E-state index is 11.6. The SMILES string of the molecule is CCc1ccc(C(=O)C(C#N)CC)o1. The average Bonchev–Trinajstić information content (AvgIpc) is 2.67. The lowest BCUT2D eigenvalue weighted by Crippen LogP contribution is -2.10. The zero-order valence-corrected chi connectivity index (χ0v) is 8.41. The van der Waals surface area contributed by atoms with E-state index in [0.717, 1.165) is 12.2 Å². The fraction of sp³-hybridized carbons (Fsp3) is 0.455. The van der Waals surface area contributed by atoms with Gasteiger partial charge in [-0.2, -0.15) is 5.26 Å². The molecule has 1 heterocycles. The summed E-state index contributed by atoms with van der Waals surface area (Å²) in [5, 5.41) is 8.71. The molecular weight excluding hydrogens is 178 g/mol. The number of Topliss-reactive ketones (excluding diaryl/α,β-unsaturated/α-hetero) is 1.